The Morgan fingerprint density at radius 3 is 2.33 bits per heavy atom. The van der Waals surface area contributed by atoms with Gasteiger partial charge in [-0.05, 0) is 74.6 Å². The number of hydrogen-bond donors (Lipinski definition) is 4. The summed E-state index contributed by atoms with van der Waals surface area (Å²) in [7, 11) is -3.39. The average Bonchev–Trinajstić information content (AvgIpc) is 3.41. The number of hydrogen-bond acceptors (Lipinski definition) is 13. The number of primary amides is 1. The Balaban J connectivity index is 0.844. The molecule has 0 bridgehead atoms. The summed E-state index contributed by atoms with van der Waals surface area (Å²) in [6.07, 6.45) is 5.95. The fraction of sp³-hybridized carbons (Fsp3) is 0.421. The molecule has 4 saturated heterocycles. The third kappa shape index (κ3) is 7.34. The van der Waals surface area contributed by atoms with E-state index < -0.39 is 45.4 Å². The van der Waals surface area contributed by atoms with Gasteiger partial charge in [-0.25, -0.2) is 23.2 Å². The van der Waals surface area contributed by atoms with Crippen LogP contribution in [0.25, 0.3) is 0 Å². The number of carbonyl (C=O) groups is 6. The van der Waals surface area contributed by atoms with Gasteiger partial charge < -0.3 is 31.1 Å². The highest BCUT2D eigenvalue weighted by molar-refractivity contribution is 7.90. The van der Waals surface area contributed by atoms with Crippen molar-refractivity contribution in [2.75, 3.05) is 60.6 Å². The van der Waals surface area contributed by atoms with E-state index in [2.05, 4.69) is 30.8 Å². The molecule has 0 saturated carbocycles. The first kappa shape index (κ1) is 37.8. The lowest BCUT2D eigenvalue weighted by Gasteiger charge is -2.55. The predicted molar refractivity (Wildman–Crippen MR) is 206 cm³/mol. The number of benzene rings is 2. The fourth-order valence-corrected chi connectivity index (χ4v) is 9.02. The number of aromatic nitrogens is 2. The minimum Gasteiger partial charge on any atom is -0.370 e. The van der Waals surface area contributed by atoms with Crippen LogP contribution in [0.4, 0.5) is 27.8 Å². The third-order valence-corrected chi connectivity index (χ3v) is 12.7. The lowest BCUT2D eigenvalue weighted by molar-refractivity contribution is -0.136. The first-order chi connectivity index (χ1) is 27.2. The molecule has 2 atom stereocenters. The number of nitrogens with one attached hydrogen (secondary N) is 3. The molecule has 2 aromatic carbocycles. The Morgan fingerprint density at radius 1 is 0.930 bits per heavy atom. The van der Waals surface area contributed by atoms with Crippen molar-refractivity contribution in [1.29, 1.82) is 0 Å². The smallest absolute Gasteiger partial charge is 0.317 e. The summed E-state index contributed by atoms with van der Waals surface area (Å²) in [5.41, 5.74) is 7.34. The van der Waals surface area contributed by atoms with Gasteiger partial charge in [-0.15, -0.1) is 0 Å². The van der Waals surface area contributed by atoms with Crippen molar-refractivity contribution in [1.82, 2.24) is 30.4 Å². The predicted octanol–water partition coefficient (Wildman–Crippen LogP) is 1.40. The van der Waals surface area contributed by atoms with Crippen molar-refractivity contribution < 1.29 is 37.2 Å². The number of fused-ring (bicyclic) bond motifs is 1. The van der Waals surface area contributed by atoms with Crippen LogP contribution in [0.3, 0.4) is 0 Å². The number of nitrogens with zero attached hydrogens (tertiary/aromatic N) is 6. The van der Waals surface area contributed by atoms with E-state index in [4.69, 9.17) is 5.73 Å². The Hall–Kier alpha value is -6.11. The molecular weight excluding hydrogens is 757 g/mol. The topological polar surface area (TPSA) is 237 Å². The summed E-state index contributed by atoms with van der Waals surface area (Å²) in [4.78, 5) is 92.2. The van der Waals surface area contributed by atoms with Gasteiger partial charge in [0.2, 0.25) is 11.8 Å². The number of imide groups is 2. The SMILES string of the molecule is CS(=O)(=O)c1ccc(Nc2nc(N3CCCC(NC(=O)N4CCC5(CC4)CN(c4ccc6c(c4)C(=O)N(C4CCC(=O)NC4=O)C6=O)C5)C3)cnc2C(N)=O)cc1. The van der Waals surface area contributed by atoms with Gasteiger partial charge in [-0.3, -0.25) is 34.2 Å². The molecule has 298 valence electrons. The quantitative estimate of drug-likeness (QED) is 0.236. The van der Waals surface area contributed by atoms with Crippen molar-refractivity contribution in [2.24, 2.45) is 11.1 Å². The van der Waals surface area contributed by atoms with E-state index >= 15 is 0 Å². The zero-order valence-corrected chi connectivity index (χ0v) is 32.0. The lowest BCUT2D eigenvalue weighted by atomic mass is 9.71. The monoisotopic (exact) mass is 798 g/mol. The largest absolute Gasteiger partial charge is 0.370 e. The molecule has 5 aliphatic rings. The highest BCUT2D eigenvalue weighted by atomic mass is 32.2. The lowest BCUT2D eigenvalue weighted by Crippen LogP contribution is -2.62. The van der Waals surface area contributed by atoms with Crippen LogP contribution in [0.5, 0.6) is 0 Å². The van der Waals surface area contributed by atoms with Crippen LogP contribution in [0.1, 0.15) is 69.7 Å². The van der Waals surface area contributed by atoms with E-state index in [0.717, 1.165) is 55.6 Å². The molecule has 19 heteroatoms. The summed E-state index contributed by atoms with van der Waals surface area (Å²) in [6, 6.07) is 9.88. The number of sulfone groups is 1. The van der Waals surface area contributed by atoms with E-state index in [-0.39, 0.29) is 57.9 Å². The summed E-state index contributed by atoms with van der Waals surface area (Å²) in [6.45, 7) is 3.82. The standard InChI is InChI=1S/C38H42N10O8S/c1-57(55,56)25-7-4-22(5-8-25)41-33-31(32(39)50)40-18-29(43-33)46-14-2-3-23(19-46)42-37(54)45-15-12-38(13-16-45)20-47(21-38)24-6-9-26-27(17-24)36(53)48(35(26)52)28-10-11-30(49)44-34(28)51/h4-9,17-18,23,28H,2-3,10-16,19-21H2,1H3,(H2,39,50)(H,41,43)(H,42,54)(H,44,49,51). The van der Waals surface area contributed by atoms with E-state index in [1.165, 1.54) is 18.3 Å². The molecule has 5 N–H and O–H groups in total. The summed E-state index contributed by atoms with van der Waals surface area (Å²) in [5, 5.41) is 8.44. The third-order valence-electron chi connectivity index (χ3n) is 11.6. The maximum atomic E-state index is 13.5. The Kier molecular flexibility index (Phi) is 9.57. The van der Waals surface area contributed by atoms with Gasteiger partial charge in [-0.2, -0.15) is 0 Å². The van der Waals surface area contributed by atoms with Gasteiger partial charge in [-0.1, -0.05) is 0 Å². The van der Waals surface area contributed by atoms with Crippen molar-refractivity contribution in [3.05, 3.63) is 65.5 Å². The van der Waals surface area contributed by atoms with Gasteiger partial charge >= 0.3 is 6.03 Å². The van der Waals surface area contributed by atoms with Crippen LogP contribution in [-0.4, -0.2) is 121 Å². The molecular formula is C38H42N10O8S. The average molecular weight is 799 g/mol. The minimum atomic E-state index is -3.39. The van der Waals surface area contributed by atoms with Gasteiger partial charge in [0, 0.05) is 74.8 Å². The molecule has 3 aromatic rings. The number of anilines is 4. The zero-order valence-electron chi connectivity index (χ0n) is 31.2. The van der Waals surface area contributed by atoms with Crippen LogP contribution < -0.4 is 31.5 Å². The highest BCUT2D eigenvalue weighted by Crippen LogP contribution is 2.43. The second-order valence-corrected chi connectivity index (χ2v) is 17.5. The molecule has 4 fully saturated rings. The van der Waals surface area contributed by atoms with Crippen LogP contribution in [0.2, 0.25) is 0 Å². The summed E-state index contributed by atoms with van der Waals surface area (Å²) >= 11 is 0. The molecule has 0 aliphatic carbocycles. The molecule has 2 unspecified atom stereocenters. The molecule has 5 aliphatic heterocycles. The van der Waals surface area contributed by atoms with Crippen molar-refractivity contribution in [3.8, 4) is 0 Å². The summed E-state index contributed by atoms with van der Waals surface area (Å²) < 4.78 is 23.7. The molecule has 7 amide bonds. The van der Waals surface area contributed by atoms with Crippen LogP contribution in [0, 0.1) is 5.41 Å². The fourth-order valence-electron chi connectivity index (χ4n) is 8.39. The molecule has 1 spiro atoms. The van der Waals surface area contributed by atoms with Gasteiger partial charge in [0.05, 0.1) is 22.2 Å². The second-order valence-electron chi connectivity index (χ2n) is 15.5. The van der Waals surface area contributed by atoms with E-state index in [1.807, 2.05) is 15.9 Å². The first-order valence-corrected chi connectivity index (χ1v) is 20.7. The zero-order chi connectivity index (χ0) is 40.2. The van der Waals surface area contributed by atoms with Crippen LogP contribution in [0.15, 0.2) is 53.6 Å². The van der Waals surface area contributed by atoms with E-state index in [0.29, 0.717) is 37.7 Å². The van der Waals surface area contributed by atoms with Crippen LogP contribution >= 0.6 is 0 Å². The Labute approximate surface area is 328 Å². The molecule has 1 aromatic heterocycles. The number of piperidine rings is 3. The van der Waals surface area contributed by atoms with Crippen molar-refractivity contribution >= 4 is 68.4 Å². The normalized spacial score (nSPS) is 21.9. The number of amides is 7. The van der Waals surface area contributed by atoms with Gasteiger partial charge in [0.1, 0.15) is 11.9 Å². The number of rotatable bonds is 8. The molecule has 0 radical (unpaired) electrons. The first-order valence-electron chi connectivity index (χ1n) is 18.8. The van der Waals surface area contributed by atoms with Crippen molar-refractivity contribution in [3.63, 3.8) is 0 Å². The van der Waals surface area contributed by atoms with Gasteiger partial charge in [0.25, 0.3) is 17.7 Å². The van der Waals surface area contributed by atoms with E-state index in [1.54, 1.807) is 24.3 Å². The molecule has 18 nitrogen and oxygen atoms in total. The number of likely N-dealkylation sites (tertiary alicyclic amines) is 1. The van der Waals surface area contributed by atoms with Crippen LogP contribution in [-0.2, 0) is 19.4 Å². The highest BCUT2D eigenvalue weighted by Gasteiger charge is 2.48. The summed E-state index contributed by atoms with van der Waals surface area (Å²) in [5.74, 6) is -2.28. The Morgan fingerprint density at radius 2 is 1.65 bits per heavy atom. The number of urea groups is 1. The molecule has 8 rings (SSSR count). The number of nitrogens with two attached hydrogens (primary N) is 1. The van der Waals surface area contributed by atoms with Crippen molar-refractivity contribution in [2.45, 2.75) is 55.5 Å². The Bertz CT molecular complexity index is 2300. The number of carbonyl (C=O) groups excluding carboxylic acids is 6. The maximum Gasteiger partial charge on any atom is 0.317 e. The molecule has 57 heavy (non-hydrogen) atoms. The van der Waals surface area contributed by atoms with E-state index in [9.17, 15) is 37.2 Å². The second kappa shape index (κ2) is 14.4. The maximum absolute atomic E-state index is 13.5. The minimum absolute atomic E-state index is 0.0211. The molecule has 6 heterocycles. The van der Waals surface area contributed by atoms with Gasteiger partial charge in [0.15, 0.2) is 21.3 Å².